The van der Waals surface area contributed by atoms with Crippen LogP contribution in [-0.4, -0.2) is 21.9 Å². The fraction of sp³-hybridized carbons (Fsp3) is 0.231. The molecule has 0 aliphatic heterocycles. The lowest BCUT2D eigenvalue weighted by atomic mass is 10.4. The lowest BCUT2D eigenvalue weighted by Gasteiger charge is -1.90. The van der Waals surface area contributed by atoms with Crippen molar-refractivity contribution in [2.24, 2.45) is 0 Å². The predicted molar refractivity (Wildman–Crippen MR) is 104 cm³/mol. The zero-order valence-electron chi connectivity index (χ0n) is 12.5. The first-order valence-electron chi connectivity index (χ1n) is 6.25. The van der Waals surface area contributed by atoms with Crippen LogP contribution in [0.4, 0.5) is 0 Å². The summed E-state index contributed by atoms with van der Waals surface area (Å²) in [5.74, 6) is 0. The number of hydrogen-bond acceptors (Lipinski definition) is 6. The van der Waals surface area contributed by atoms with Crippen LogP contribution in [0.2, 0.25) is 0 Å². The van der Waals surface area contributed by atoms with Crippen molar-refractivity contribution in [3.8, 4) is 0 Å². The molecule has 0 fully saturated rings. The Kier molecular flexibility index (Phi) is 8.08. The summed E-state index contributed by atoms with van der Waals surface area (Å²) in [5.41, 5.74) is 3.21. The molecule has 0 aliphatic carbocycles. The average Bonchev–Trinajstić information content (AvgIpc) is 3.12. The van der Waals surface area contributed by atoms with Gasteiger partial charge >= 0.3 is 0 Å². The molecule has 0 N–H and O–H groups in total. The highest BCUT2D eigenvalue weighted by Gasteiger charge is 1.94. The Morgan fingerprint density at radius 3 is 1.82 bits per heavy atom. The van der Waals surface area contributed by atoms with Gasteiger partial charge in [0.05, 0.1) is 10.7 Å². The Labute approximate surface area is 152 Å². The van der Waals surface area contributed by atoms with Crippen LogP contribution in [0, 0.1) is 20.8 Å². The highest BCUT2D eigenvalue weighted by atomic mass is 32.1. The van der Waals surface area contributed by atoms with Crippen molar-refractivity contribution in [1.29, 1.82) is 0 Å². The molecule has 9 heteroatoms. The summed E-state index contributed by atoms with van der Waals surface area (Å²) in [6.45, 7) is 5.86. The normalized spacial score (nSPS) is 9.59. The van der Waals surface area contributed by atoms with Crippen LogP contribution in [0.25, 0.3) is 0 Å². The summed E-state index contributed by atoms with van der Waals surface area (Å²) in [5, 5.41) is 0.910. The largest absolute Gasteiger partial charge is 0.288 e. The number of hydrogen-bond donors (Lipinski definition) is 4. The molecule has 0 spiro atoms. The van der Waals surface area contributed by atoms with Gasteiger partial charge < -0.3 is 0 Å². The summed E-state index contributed by atoms with van der Waals surface area (Å²) in [4.78, 5) is 7.71. The van der Waals surface area contributed by atoms with E-state index in [0.29, 0.717) is 0 Å². The minimum atomic E-state index is 0.910. The molecule has 0 amide bonds. The number of aryl methyl sites for hydroxylation is 3. The molecule has 3 heterocycles. The van der Waals surface area contributed by atoms with Gasteiger partial charge in [-0.15, -0.1) is 12.6 Å². The SMILES string of the molecule is Cc1ccn(S)c1S.Cc1cn(S)cn1.Cc1cncn1S. The molecular weight excluding hydrogens is 354 g/mol. The number of thiol groups is 4. The first-order valence-corrected chi connectivity index (χ1v) is 7.90. The van der Waals surface area contributed by atoms with E-state index in [-0.39, 0.29) is 0 Å². The standard InChI is InChI=1S/C5H7NS2.2C4H6N2S/c1-4-2-3-6(8)5(4)7;1-4-2-6(7)3-5-4;1-4-2-5-3-6(4)7/h2-3,7-8H,1H3;2*2-3,7H,1H3. The minimum absolute atomic E-state index is 0.910. The maximum atomic E-state index is 4.15. The predicted octanol–water partition coefficient (Wildman–Crippen LogP) is 3.55. The Balaban J connectivity index is 0.000000166. The van der Waals surface area contributed by atoms with Crippen molar-refractivity contribution >= 4 is 51.1 Å². The van der Waals surface area contributed by atoms with Crippen molar-refractivity contribution in [2.75, 3.05) is 0 Å². The van der Waals surface area contributed by atoms with Gasteiger partial charge in [0, 0.05) is 24.3 Å². The molecule has 0 saturated carbocycles. The second kappa shape index (κ2) is 9.29. The Morgan fingerprint density at radius 1 is 1.00 bits per heavy atom. The molecule has 0 unspecified atom stereocenters. The third kappa shape index (κ3) is 6.47. The van der Waals surface area contributed by atoms with Crippen LogP contribution in [0.3, 0.4) is 0 Å². The maximum Gasteiger partial charge on any atom is 0.105 e. The topological polar surface area (TPSA) is 40.6 Å². The molecule has 3 aromatic rings. The van der Waals surface area contributed by atoms with E-state index in [1.54, 1.807) is 30.8 Å². The third-order valence-electron chi connectivity index (χ3n) is 2.53. The van der Waals surface area contributed by atoms with E-state index < -0.39 is 0 Å². The second-order valence-electron chi connectivity index (χ2n) is 4.44. The zero-order valence-corrected chi connectivity index (χ0v) is 16.1. The molecule has 0 aromatic carbocycles. The monoisotopic (exact) mass is 373 g/mol. The number of imidazole rings is 2. The summed E-state index contributed by atoms with van der Waals surface area (Å²) < 4.78 is 4.97. The fourth-order valence-electron chi connectivity index (χ4n) is 1.27. The molecule has 0 bridgehead atoms. The van der Waals surface area contributed by atoms with Crippen molar-refractivity contribution in [1.82, 2.24) is 21.9 Å². The first kappa shape index (κ1) is 19.1. The second-order valence-corrected chi connectivity index (χ2v) is 6.19. The average molecular weight is 374 g/mol. The van der Waals surface area contributed by atoms with Crippen LogP contribution >= 0.6 is 51.1 Å². The molecule has 3 rings (SSSR count). The van der Waals surface area contributed by atoms with Crippen LogP contribution < -0.4 is 0 Å². The van der Waals surface area contributed by atoms with Gasteiger partial charge in [-0.05, 0) is 32.4 Å². The van der Waals surface area contributed by atoms with Gasteiger partial charge in [0.25, 0.3) is 0 Å². The van der Waals surface area contributed by atoms with E-state index in [9.17, 15) is 0 Å². The fourth-order valence-corrected chi connectivity index (χ4v) is 1.97. The molecule has 0 atom stereocenters. The van der Waals surface area contributed by atoms with E-state index in [2.05, 4.69) is 61.0 Å². The van der Waals surface area contributed by atoms with Gasteiger partial charge in [0.15, 0.2) is 0 Å². The zero-order chi connectivity index (χ0) is 16.7. The van der Waals surface area contributed by atoms with Crippen LogP contribution in [0.1, 0.15) is 17.0 Å². The lowest BCUT2D eigenvalue weighted by Crippen LogP contribution is -1.76. The maximum absolute atomic E-state index is 4.15. The van der Waals surface area contributed by atoms with Crippen LogP contribution in [0.5, 0.6) is 0 Å². The van der Waals surface area contributed by atoms with Gasteiger partial charge in [0.1, 0.15) is 12.7 Å². The molecule has 5 nitrogen and oxygen atoms in total. The molecule has 0 aliphatic rings. The number of nitrogens with zero attached hydrogens (tertiary/aromatic N) is 5. The third-order valence-corrected chi connectivity index (χ3v) is 4.23. The molecule has 0 radical (unpaired) electrons. The van der Waals surface area contributed by atoms with Crippen molar-refractivity contribution in [3.63, 3.8) is 0 Å². The molecule has 3 aromatic heterocycles. The van der Waals surface area contributed by atoms with Crippen molar-refractivity contribution < 1.29 is 0 Å². The highest BCUT2D eigenvalue weighted by Crippen LogP contribution is 2.14. The summed E-state index contributed by atoms with van der Waals surface area (Å²) in [7, 11) is 0. The van der Waals surface area contributed by atoms with Crippen molar-refractivity contribution in [3.05, 3.63) is 54.3 Å². The van der Waals surface area contributed by atoms with Gasteiger partial charge in [-0.2, -0.15) is 0 Å². The summed E-state index contributed by atoms with van der Waals surface area (Å²) >= 11 is 16.2. The quantitative estimate of drug-likeness (QED) is 0.455. The molecular formula is C13H19N5S4. The van der Waals surface area contributed by atoms with Crippen LogP contribution in [-0.2, 0) is 0 Å². The summed E-state index contributed by atoms with van der Waals surface area (Å²) in [6.07, 6.45) is 8.76. The van der Waals surface area contributed by atoms with E-state index in [4.69, 9.17) is 0 Å². The highest BCUT2D eigenvalue weighted by molar-refractivity contribution is 7.82. The number of rotatable bonds is 0. The van der Waals surface area contributed by atoms with E-state index in [1.165, 1.54) is 0 Å². The smallest absolute Gasteiger partial charge is 0.105 e. The van der Waals surface area contributed by atoms with Crippen LogP contribution in [0.15, 0.2) is 42.3 Å². The van der Waals surface area contributed by atoms with Gasteiger partial charge in [0.2, 0.25) is 0 Å². The molecule has 0 saturated heterocycles. The van der Waals surface area contributed by atoms with E-state index >= 15 is 0 Å². The Hall–Kier alpha value is -0.900. The Morgan fingerprint density at radius 2 is 1.68 bits per heavy atom. The minimum Gasteiger partial charge on any atom is -0.288 e. The molecule has 120 valence electrons. The number of aromatic nitrogens is 5. The van der Waals surface area contributed by atoms with Gasteiger partial charge in [-0.1, -0.05) is 38.4 Å². The van der Waals surface area contributed by atoms with Gasteiger partial charge in [-0.25, -0.2) is 9.97 Å². The van der Waals surface area contributed by atoms with Gasteiger partial charge in [-0.3, -0.25) is 11.9 Å². The van der Waals surface area contributed by atoms with E-state index in [0.717, 1.165) is 22.0 Å². The first-order chi connectivity index (χ1) is 10.3. The molecule has 22 heavy (non-hydrogen) atoms. The van der Waals surface area contributed by atoms with Crippen molar-refractivity contribution in [2.45, 2.75) is 25.8 Å². The van der Waals surface area contributed by atoms with E-state index in [1.807, 2.05) is 39.2 Å². The lowest BCUT2D eigenvalue weighted by molar-refractivity contribution is 1.10. The Bertz CT molecular complexity index is 648. The summed E-state index contributed by atoms with van der Waals surface area (Å²) in [6, 6.07) is 1.97.